The maximum absolute atomic E-state index is 6.63. The fourth-order valence-corrected chi connectivity index (χ4v) is 8.20. The number of fused-ring (bicyclic) bond motifs is 5. The number of rotatable bonds is 7. The summed E-state index contributed by atoms with van der Waals surface area (Å²) in [6.07, 6.45) is 0. The average Bonchev–Trinajstić information content (AvgIpc) is 3.88. The molecule has 0 atom stereocenters. The largest absolute Gasteiger partial charge is 0.455 e. The van der Waals surface area contributed by atoms with E-state index in [9.17, 15) is 0 Å². The van der Waals surface area contributed by atoms with Crippen LogP contribution in [0.3, 0.4) is 0 Å². The van der Waals surface area contributed by atoms with Crippen LogP contribution in [0.4, 0.5) is 17.1 Å². The van der Waals surface area contributed by atoms with Crippen molar-refractivity contribution >= 4 is 60.9 Å². The summed E-state index contributed by atoms with van der Waals surface area (Å²) in [5.41, 5.74) is 13.7. The Morgan fingerprint density at radius 2 is 0.965 bits per heavy atom. The molecule has 4 heteroatoms. The van der Waals surface area contributed by atoms with Crippen LogP contribution < -0.4 is 4.90 Å². The van der Waals surface area contributed by atoms with Gasteiger partial charge in [-0.15, -0.1) is 0 Å². The third kappa shape index (κ3) is 5.66. The average molecular weight is 731 g/mol. The molecule has 0 saturated carbocycles. The van der Waals surface area contributed by atoms with Gasteiger partial charge in [-0.25, -0.2) is 4.98 Å². The Morgan fingerprint density at radius 3 is 1.74 bits per heavy atom. The minimum Gasteiger partial charge on any atom is -0.455 e. The molecule has 0 saturated heterocycles. The highest BCUT2D eigenvalue weighted by molar-refractivity contribution is 6.16. The minimum atomic E-state index is 0.579. The van der Waals surface area contributed by atoms with Gasteiger partial charge >= 0.3 is 0 Å². The summed E-state index contributed by atoms with van der Waals surface area (Å²) in [6.45, 7) is 0. The third-order valence-electron chi connectivity index (χ3n) is 10.9. The second kappa shape index (κ2) is 13.6. The zero-order chi connectivity index (χ0) is 37.7. The van der Waals surface area contributed by atoms with Crippen molar-refractivity contribution < 1.29 is 8.83 Å². The predicted octanol–water partition coefficient (Wildman–Crippen LogP) is 15.0. The molecule has 4 nitrogen and oxygen atoms in total. The zero-order valence-electron chi connectivity index (χ0n) is 30.8. The van der Waals surface area contributed by atoms with Crippen LogP contribution in [-0.4, -0.2) is 4.98 Å². The Kier molecular flexibility index (Phi) is 7.78. The molecule has 0 spiro atoms. The molecule has 0 aliphatic rings. The van der Waals surface area contributed by atoms with Crippen LogP contribution in [0.25, 0.3) is 88.6 Å². The van der Waals surface area contributed by atoms with Crippen molar-refractivity contribution in [3.8, 4) is 44.8 Å². The molecule has 0 aliphatic heterocycles. The van der Waals surface area contributed by atoms with E-state index in [2.05, 4.69) is 163 Å². The smallest absolute Gasteiger partial charge is 0.227 e. The highest BCUT2D eigenvalue weighted by Gasteiger charge is 2.23. The maximum Gasteiger partial charge on any atom is 0.227 e. The molecule has 0 unspecified atom stereocenters. The van der Waals surface area contributed by atoms with Crippen LogP contribution in [0.5, 0.6) is 0 Å². The van der Waals surface area contributed by atoms with Gasteiger partial charge in [0.25, 0.3) is 0 Å². The minimum absolute atomic E-state index is 0.579. The molecule has 0 fully saturated rings. The number of hydrogen-bond acceptors (Lipinski definition) is 4. The number of nitrogens with zero attached hydrogens (tertiary/aromatic N) is 2. The number of benzene rings is 9. The molecule has 0 amide bonds. The van der Waals surface area contributed by atoms with E-state index < -0.39 is 0 Å². The number of hydrogen-bond donors (Lipinski definition) is 0. The van der Waals surface area contributed by atoms with E-state index >= 15 is 0 Å². The Bertz CT molecular complexity index is 3210. The Morgan fingerprint density at radius 1 is 0.386 bits per heavy atom. The second-order valence-corrected chi connectivity index (χ2v) is 14.3. The molecule has 2 heterocycles. The van der Waals surface area contributed by atoms with Crippen LogP contribution in [0.1, 0.15) is 0 Å². The van der Waals surface area contributed by atoms with Gasteiger partial charge in [-0.1, -0.05) is 152 Å². The standard InChI is InChI=1S/C53H34N2O2/c1-3-14-35(15-4-1)36-26-30-40(31-27-36)55(48-24-11-9-21-44(48)43-23-13-19-37-16-7-8-20-42(37)43)41-32-28-38(29-33-41)50-51-46(45-22-10-12-25-49(45)56-51)34-47-52(50)57-53(54-47)39-17-5-2-6-18-39/h1-34H. The van der Waals surface area contributed by atoms with Gasteiger partial charge in [-0.3, -0.25) is 0 Å². The predicted molar refractivity (Wildman–Crippen MR) is 235 cm³/mol. The lowest BCUT2D eigenvalue weighted by molar-refractivity contribution is 0.619. The third-order valence-corrected chi connectivity index (χ3v) is 10.9. The van der Waals surface area contributed by atoms with E-state index in [0.717, 1.165) is 66.8 Å². The quantitative estimate of drug-likeness (QED) is 0.164. The van der Waals surface area contributed by atoms with Crippen molar-refractivity contribution in [3.63, 3.8) is 0 Å². The molecular formula is C53H34N2O2. The van der Waals surface area contributed by atoms with E-state index in [0.29, 0.717) is 11.5 Å². The van der Waals surface area contributed by atoms with Gasteiger partial charge in [0.15, 0.2) is 5.58 Å². The molecule has 0 bridgehead atoms. The first kappa shape index (κ1) is 32.7. The zero-order valence-corrected chi connectivity index (χ0v) is 30.8. The van der Waals surface area contributed by atoms with E-state index in [1.54, 1.807) is 0 Å². The molecule has 0 N–H and O–H groups in total. The molecule has 2 aromatic heterocycles. The van der Waals surface area contributed by atoms with Gasteiger partial charge in [-0.05, 0) is 87.6 Å². The number of furan rings is 1. The SMILES string of the molecule is c1ccc(-c2ccc(N(c3ccc(-c4c5oc(-c6ccccc6)nc5cc5c4oc4ccccc45)cc3)c3ccccc3-c3cccc4ccccc34)cc2)cc1. The lowest BCUT2D eigenvalue weighted by atomic mass is 9.95. The van der Waals surface area contributed by atoms with Crippen molar-refractivity contribution in [3.05, 3.63) is 206 Å². The maximum atomic E-state index is 6.63. The monoisotopic (exact) mass is 730 g/mol. The molecule has 11 aromatic rings. The van der Waals surface area contributed by atoms with E-state index in [1.807, 2.05) is 48.5 Å². The topological polar surface area (TPSA) is 42.4 Å². The molecular weight excluding hydrogens is 697 g/mol. The summed E-state index contributed by atoms with van der Waals surface area (Å²) < 4.78 is 13.3. The number of oxazole rings is 1. The van der Waals surface area contributed by atoms with Crippen LogP contribution in [0.15, 0.2) is 215 Å². The van der Waals surface area contributed by atoms with Crippen LogP contribution in [-0.2, 0) is 0 Å². The van der Waals surface area contributed by atoms with Crippen molar-refractivity contribution in [1.29, 1.82) is 0 Å². The van der Waals surface area contributed by atoms with Gasteiger partial charge in [0.2, 0.25) is 5.89 Å². The Hall–Kier alpha value is -7.69. The number of para-hydroxylation sites is 2. The summed E-state index contributed by atoms with van der Waals surface area (Å²) in [7, 11) is 0. The van der Waals surface area contributed by atoms with Crippen molar-refractivity contribution in [2.45, 2.75) is 0 Å². The Labute approximate surface area is 329 Å². The van der Waals surface area contributed by atoms with Crippen LogP contribution >= 0.6 is 0 Å². The fourth-order valence-electron chi connectivity index (χ4n) is 8.20. The molecule has 11 rings (SSSR count). The highest BCUT2D eigenvalue weighted by atomic mass is 16.4. The molecule has 0 radical (unpaired) electrons. The number of anilines is 3. The number of aromatic nitrogens is 1. The van der Waals surface area contributed by atoms with Crippen LogP contribution in [0, 0.1) is 0 Å². The second-order valence-electron chi connectivity index (χ2n) is 14.3. The molecule has 0 aliphatic carbocycles. The molecule has 9 aromatic carbocycles. The van der Waals surface area contributed by atoms with Gasteiger partial charge in [0.1, 0.15) is 16.7 Å². The summed E-state index contributed by atoms with van der Waals surface area (Å²) >= 11 is 0. The lowest BCUT2D eigenvalue weighted by Gasteiger charge is -2.28. The van der Waals surface area contributed by atoms with E-state index in [-0.39, 0.29) is 0 Å². The van der Waals surface area contributed by atoms with Crippen molar-refractivity contribution in [1.82, 2.24) is 4.98 Å². The summed E-state index contributed by atoms with van der Waals surface area (Å²) in [4.78, 5) is 7.36. The first-order valence-corrected chi connectivity index (χ1v) is 19.2. The van der Waals surface area contributed by atoms with E-state index in [1.165, 1.54) is 27.5 Å². The van der Waals surface area contributed by atoms with Gasteiger partial charge in [0.05, 0.1) is 11.3 Å². The first-order chi connectivity index (χ1) is 28.3. The van der Waals surface area contributed by atoms with Gasteiger partial charge in [-0.2, -0.15) is 0 Å². The van der Waals surface area contributed by atoms with Gasteiger partial charge in [0, 0.05) is 33.3 Å². The van der Waals surface area contributed by atoms with Crippen LogP contribution in [0.2, 0.25) is 0 Å². The van der Waals surface area contributed by atoms with Crippen molar-refractivity contribution in [2.24, 2.45) is 0 Å². The van der Waals surface area contributed by atoms with Gasteiger partial charge < -0.3 is 13.7 Å². The van der Waals surface area contributed by atoms with Crippen molar-refractivity contribution in [2.75, 3.05) is 4.90 Å². The fraction of sp³-hybridized carbons (Fsp3) is 0. The molecule has 57 heavy (non-hydrogen) atoms. The Balaban J connectivity index is 1.10. The normalized spacial score (nSPS) is 11.5. The summed E-state index contributed by atoms with van der Waals surface area (Å²) in [6, 6.07) is 72.3. The van der Waals surface area contributed by atoms with E-state index in [4.69, 9.17) is 13.8 Å². The summed E-state index contributed by atoms with van der Waals surface area (Å²) in [5.74, 6) is 0.579. The highest BCUT2D eigenvalue weighted by Crippen LogP contribution is 2.46. The first-order valence-electron chi connectivity index (χ1n) is 19.2. The summed E-state index contributed by atoms with van der Waals surface area (Å²) in [5, 5.41) is 4.48. The lowest BCUT2D eigenvalue weighted by Crippen LogP contribution is -2.11. The molecule has 268 valence electrons.